The van der Waals surface area contributed by atoms with E-state index in [4.69, 9.17) is 4.74 Å². The lowest BCUT2D eigenvalue weighted by Gasteiger charge is -2.39. The number of benzene rings is 1. The number of aromatic nitrogens is 1. The minimum atomic E-state index is -0.180. The van der Waals surface area contributed by atoms with E-state index >= 15 is 0 Å². The van der Waals surface area contributed by atoms with E-state index in [9.17, 15) is 10.4 Å². The number of hydrogen-bond acceptors (Lipinski definition) is 5. The number of rotatable bonds is 3. The van der Waals surface area contributed by atoms with E-state index in [0.717, 1.165) is 29.6 Å². The molecule has 114 valence electrons. The van der Waals surface area contributed by atoms with Crippen molar-refractivity contribution in [3.05, 3.63) is 36.0 Å². The average Bonchev–Trinajstić information content (AvgIpc) is 2.60. The van der Waals surface area contributed by atoms with E-state index in [1.54, 1.807) is 6.20 Å². The van der Waals surface area contributed by atoms with Gasteiger partial charge in [-0.05, 0) is 30.7 Å². The van der Waals surface area contributed by atoms with Crippen LogP contribution in [0.5, 0.6) is 0 Å². The molecule has 0 radical (unpaired) electrons. The number of morpholine rings is 1. The molecule has 0 spiro atoms. The van der Waals surface area contributed by atoms with Gasteiger partial charge < -0.3 is 14.7 Å². The van der Waals surface area contributed by atoms with Gasteiger partial charge in [0.05, 0.1) is 29.9 Å². The summed E-state index contributed by atoms with van der Waals surface area (Å²) in [5.41, 5.74) is 2.35. The third-order valence-corrected chi connectivity index (χ3v) is 4.10. The molecule has 2 heterocycles. The van der Waals surface area contributed by atoms with E-state index in [1.165, 1.54) is 0 Å². The van der Waals surface area contributed by atoms with Crippen molar-refractivity contribution in [2.75, 3.05) is 24.6 Å². The zero-order chi connectivity index (χ0) is 15.5. The minimum Gasteiger partial charge on any atom is -0.394 e. The maximum Gasteiger partial charge on any atom is 0.101 e. The molecule has 0 amide bonds. The lowest BCUT2D eigenvalue weighted by molar-refractivity contribution is -0.0514. The van der Waals surface area contributed by atoms with Gasteiger partial charge in [-0.25, -0.2) is 0 Å². The predicted molar refractivity (Wildman–Crippen MR) is 84.7 cm³/mol. The van der Waals surface area contributed by atoms with Crippen LogP contribution in [-0.2, 0) is 4.74 Å². The molecule has 0 bridgehead atoms. The second-order valence-electron chi connectivity index (χ2n) is 5.52. The van der Waals surface area contributed by atoms with Crippen LogP contribution in [0, 0.1) is 11.3 Å². The fourth-order valence-electron chi connectivity index (χ4n) is 2.97. The number of pyridine rings is 1. The zero-order valence-corrected chi connectivity index (χ0v) is 12.6. The molecule has 1 fully saturated rings. The van der Waals surface area contributed by atoms with Gasteiger partial charge in [0.25, 0.3) is 0 Å². The number of nitriles is 1. The van der Waals surface area contributed by atoms with Gasteiger partial charge in [0.15, 0.2) is 0 Å². The number of aliphatic hydroxyl groups excluding tert-OH is 1. The standard InChI is InChI=1S/C17H19N3O2/c1-2-13-9-20(10-14(11-21)22-13)16-6-5-12(8-18)17-15(16)4-3-7-19-17/h3-7,13-14,21H,2,9-11H2,1H3/t13-,14-/m1/s1. The fraction of sp³-hybridized carbons (Fsp3) is 0.412. The molecular weight excluding hydrogens is 278 g/mol. The maximum absolute atomic E-state index is 9.46. The van der Waals surface area contributed by atoms with Crippen molar-refractivity contribution in [1.29, 1.82) is 5.26 Å². The Morgan fingerprint density at radius 2 is 2.18 bits per heavy atom. The molecule has 3 rings (SSSR count). The second-order valence-corrected chi connectivity index (χ2v) is 5.52. The molecule has 1 aliphatic heterocycles. The first kappa shape index (κ1) is 14.8. The van der Waals surface area contributed by atoms with Crippen molar-refractivity contribution >= 4 is 16.6 Å². The lowest BCUT2D eigenvalue weighted by atomic mass is 10.1. The van der Waals surface area contributed by atoms with E-state index in [1.807, 2.05) is 24.3 Å². The van der Waals surface area contributed by atoms with Gasteiger partial charge in [0, 0.05) is 30.4 Å². The van der Waals surface area contributed by atoms with Gasteiger partial charge in [0.1, 0.15) is 6.07 Å². The monoisotopic (exact) mass is 297 g/mol. The Morgan fingerprint density at radius 1 is 1.36 bits per heavy atom. The summed E-state index contributed by atoms with van der Waals surface area (Å²) in [5, 5.41) is 19.7. The molecule has 0 aliphatic carbocycles. The van der Waals surface area contributed by atoms with Crippen molar-refractivity contribution in [3.63, 3.8) is 0 Å². The van der Waals surface area contributed by atoms with Crippen LogP contribution in [0.3, 0.4) is 0 Å². The number of anilines is 1. The van der Waals surface area contributed by atoms with E-state index in [0.29, 0.717) is 12.1 Å². The summed E-state index contributed by atoms with van der Waals surface area (Å²) in [4.78, 5) is 6.58. The number of hydrogen-bond donors (Lipinski definition) is 1. The molecule has 2 aromatic rings. The first-order valence-electron chi connectivity index (χ1n) is 7.56. The van der Waals surface area contributed by atoms with Crippen molar-refractivity contribution in [2.24, 2.45) is 0 Å². The van der Waals surface area contributed by atoms with Crippen LogP contribution in [0.4, 0.5) is 5.69 Å². The van der Waals surface area contributed by atoms with Crippen LogP contribution in [0.2, 0.25) is 0 Å². The normalized spacial score (nSPS) is 21.8. The summed E-state index contributed by atoms with van der Waals surface area (Å²) in [5.74, 6) is 0. The summed E-state index contributed by atoms with van der Waals surface area (Å²) in [6.07, 6.45) is 2.53. The van der Waals surface area contributed by atoms with Crippen molar-refractivity contribution in [2.45, 2.75) is 25.6 Å². The minimum absolute atomic E-state index is 0.0134. The highest BCUT2D eigenvalue weighted by atomic mass is 16.5. The summed E-state index contributed by atoms with van der Waals surface area (Å²) in [6.45, 7) is 3.52. The van der Waals surface area contributed by atoms with Gasteiger partial charge in [-0.15, -0.1) is 0 Å². The van der Waals surface area contributed by atoms with Crippen LogP contribution < -0.4 is 4.90 Å². The SMILES string of the molecule is CC[C@@H]1CN(c2ccc(C#N)c3ncccc23)C[C@H](CO)O1. The molecule has 1 N–H and O–H groups in total. The van der Waals surface area contributed by atoms with Gasteiger partial charge in [0.2, 0.25) is 0 Å². The van der Waals surface area contributed by atoms with Crippen molar-refractivity contribution < 1.29 is 9.84 Å². The molecule has 1 aliphatic rings. The molecule has 1 aromatic heterocycles. The Morgan fingerprint density at radius 3 is 2.91 bits per heavy atom. The first-order chi connectivity index (χ1) is 10.8. The Balaban J connectivity index is 2.04. The van der Waals surface area contributed by atoms with Gasteiger partial charge in [-0.2, -0.15) is 5.26 Å². The molecule has 0 unspecified atom stereocenters. The van der Waals surface area contributed by atoms with Crippen LogP contribution in [-0.4, -0.2) is 42.0 Å². The Bertz CT molecular complexity index is 699. The molecule has 1 aromatic carbocycles. The molecule has 2 atom stereocenters. The number of fused-ring (bicyclic) bond motifs is 1. The van der Waals surface area contributed by atoms with E-state index < -0.39 is 0 Å². The smallest absolute Gasteiger partial charge is 0.101 e. The topological polar surface area (TPSA) is 69.4 Å². The van der Waals surface area contributed by atoms with E-state index in [-0.39, 0.29) is 18.8 Å². The second kappa shape index (κ2) is 6.30. The number of aliphatic hydroxyl groups is 1. The molecule has 5 heteroatoms. The van der Waals surface area contributed by atoms with Crippen LogP contribution in [0.1, 0.15) is 18.9 Å². The number of nitrogens with zero attached hydrogens (tertiary/aromatic N) is 3. The molecule has 22 heavy (non-hydrogen) atoms. The first-order valence-corrected chi connectivity index (χ1v) is 7.56. The summed E-state index contributed by atoms with van der Waals surface area (Å²) < 4.78 is 5.83. The molecule has 1 saturated heterocycles. The average molecular weight is 297 g/mol. The third kappa shape index (κ3) is 2.63. The van der Waals surface area contributed by atoms with E-state index in [2.05, 4.69) is 22.9 Å². The Labute approximate surface area is 129 Å². The van der Waals surface area contributed by atoms with Crippen molar-refractivity contribution in [3.8, 4) is 6.07 Å². The highest BCUT2D eigenvalue weighted by Gasteiger charge is 2.27. The van der Waals surface area contributed by atoms with Crippen LogP contribution >= 0.6 is 0 Å². The van der Waals surface area contributed by atoms with Gasteiger partial charge in [-0.3, -0.25) is 4.98 Å². The molecule has 5 nitrogen and oxygen atoms in total. The van der Waals surface area contributed by atoms with Crippen molar-refractivity contribution in [1.82, 2.24) is 4.98 Å². The summed E-state index contributed by atoms with van der Waals surface area (Å²) in [6, 6.07) is 9.85. The fourth-order valence-corrected chi connectivity index (χ4v) is 2.97. The molecule has 0 saturated carbocycles. The highest BCUT2D eigenvalue weighted by molar-refractivity contribution is 5.95. The predicted octanol–water partition coefficient (Wildman–Crippen LogP) is 2.08. The Kier molecular flexibility index (Phi) is 4.23. The lowest BCUT2D eigenvalue weighted by Crippen LogP contribution is -2.49. The largest absolute Gasteiger partial charge is 0.394 e. The quantitative estimate of drug-likeness (QED) is 0.939. The van der Waals surface area contributed by atoms with Gasteiger partial charge >= 0.3 is 0 Å². The third-order valence-electron chi connectivity index (χ3n) is 4.10. The number of ether oxygens (including phenoxy) is 1. The van der Waals surface area contributed by atoms with Gasteiger partial charge in [-0.1, -0.05) is 6.92 Å². The van der Waals surface area contributed by atoms with Crippen LogP contribution in [0.15, 0.2) is 30.5 Å². The van der Waals surface area contributed by atoms with Crippen LogP contribution in [0.25, 0.3) is 10.9 Å². The highest BCUT2D eigenvalue weighted by Crippen LogP contribution is 2.30. The molecular formula is C17H19N3O2. The summed E-state index contributed by atoms with van der Waals surface area (Å²) in [7, 11) is 0. The summed E-state index contributed by atoms with van der Waals surface area (Å²) >= 11 is 0. The zero-order valence-electron chi connectivity index (χ0n) is 12.6. The Hall–Kier alpha value is -2.16. The maximum atomic E-state index is 9.46.